The molecule has 1 aromatic carbocycles. The number of ether oxygens (including phenoxy) is 1. The lowest BCUT2D eigenvalue weighted by Crippen LogP contribution is -2.21. The molecule has 2 N–H and O–H groups in total. The Hall–Kier alpha value is -1.94. The van der Waals surface area contributed by atoms with Crippen LogP contribution in [0.4, 0.5) is 0 Å². The van der Waals surface area contributed by atoms with E-state index in [4.69, 9.17) is 10.5 Å². The molecule has 4 heteroatoms. The Labute approximate surface area is 119 Å². The zero-order chi connectivity index (χ0) is 13.9. The van der Waals surface area contributed by atoms with Crippen LogP contribution in [-0.2, 0) is 12.8 Å². The summed E-state index contributed by atoms with van der Waals surface area (Å²) in [6.07, 6.45) is 6.28. The third-order valence-corrected chi connectivity index (χ3v) is 3.68. The second kappa shape index (κ2) is 5.59. The van der Waals surface area contributed by atoms with Gasteiger partial charge in [0.2, 0.25) is 0 Å². The van der Waals surface area contributed by atoms with Gasteiger partial charge in [-0.25, -0.2) is 9.97 Å². The number of hydrogen-bond donors (Lipinski definition) is 1. The minimum absolute atomic E-state index is 0.0682. The molecule has 0 aliphatic carbocycles. The molecule has 0 spiro atoms. The van der Waals surface area contributed by atoms with E-state index < -0.39 is 0 Å². The Morgan fingerprint density at radius 1 is 1.30 bits per heavy atom. The third kappa shape index (κ3) is 2.65. The van der Waals surface area contributed by atoms with Crippen LogP contribution in [0, 0.1) is 0 Å². The average Bonchev–Trinajstić information content (AvgIpc) is 2.91. The highest BCUT2D eigenvalue weighted by atomic mass is 16.5. The van der Waals surface area contributed by atoms with Crippen molar-refractivity contribution in [3.05, 3.63) is 53.6 Å². The quantitative estimate of drug-likeness (QED) is 0.926. The van der Waals surface area contributed by atoms with Gasteiger partial charge in [0, 0.05) is 24.9 Å². The molecule has 2 heterocycles. The summed E-state index contributed by atoms with van der Waals surface area (Å²) in [4.78, 5) is 8.88. The van der Waals surface area contributed by atoms with Crippen molar-refractivity contribution in [2.75, 3.05) is 0 Å². The molecule has 2 unspecified atom stereocenters. The van der Waals surface area contributed by atoms with E-state index in [2.05, 4.69) is 23.0 Å². The lowest BCUT2D eigenvalue weighted by Gasteiger charge is -2.11. The highest BCUT2D eigenvalue weighted by Gasteiger charge is 2.25. The van der Waals surface area contributed by atoms with Gasteiger partial charge in [-0.15, -0.1) is 0 Å². The Kier molecular flexibility index (Phi) is 3.65. The minimum atomic E-state index is -0.0682. The van der Waals surface area contributed by atoms with Crippen LogP contribution in [0.15, 0.2) is 36.7 Å². The molecular formula is C16H19N3O. The number of nitrogens with two attached hydrogens (primary N) is 1. The fraction of sp³-hybridized carbons (Fsp3) is 0.375. The van der Waals surface area contributed by atoms with Crippen molar-refractivity contribution in [2.45, 2.75) is 38.3 Å². The van der Waals surface area contributed by atoms with E-state index in [1.165, 1.54) is 5.56 Å². The normalized spacial score (nSPS) is 18.4. The molecule has 0 saturated heterocycles. The van der Waals surface area contributed by atoms with Crippen LogP contribution < -0.4 is 10.5 Å². The van der Waals surface area contributed by atoms with Crippen LogP contribution in [0.2, 0.25) is 0 Å². The molecule has 0 amide bonds. The lowest BCUT2D eigenvalue weighted by molar-refractivity contribution is 0.227. The van der Waals surface area contributed by atoms with Gasteiger partial charge in [0.15, 0.2) is 11.9 Å². The molecule has 0 saturated carbocycles. The van der Waals surface area contributed by atoms with Gasteiger partial charge < -0.3 is 10.5 Å². The van der Waals surface area contributed by atoms with Crippen molar-refractivity contribution < 1.29 is 4.74 Å². The molecule has 4 nitrogen and oxygen atoms in total. The van der Waals surface area contributed by atoms with Gasteiger partial charge in [0.25, 0.3) is 0 Å². The van der Waals surface area contributed by atoms with Crippen LogP contribution in [0.1, 0.15) is 36.4 Å². The van der Waals surface area contributed by atoms with E-state index in [9.17, 15) is 0 Å². The summed E-state index contributed by atoms with van der Waals surface area (Å²) in [5.41, 5.74) is 8.25. The number of fused-ring (bicyclic) bond motifs is 1. The third-order valence-electron chi connectivity index (χ3n) is 3.68. The standard InChI is InChI=1S/C16H19N3O/c1-2-13(17)7-11-9-18-16(19-10-11)15-8-12-5-3-4-6-14(12)20-15/h3-6,9-10,13,15H,2,7-8,17H2,1H3. The Balaban J connectivity index is 1.70. The predicted octanol–water partition coefficient (Wildman–Crippen LogP) is 2.43. The molecule has 2 aromatic rings. The predicted molar refractivity (Wildman–Crippen MR) is 77.5 cm³/mol. The van der Waals surface area contributed by atoms with E-state index in [1.807, 2.05) is 30.6 Å². The maximum Gasteiger partial charge on any atom is 0.169 e. The van der Waals surface area contributed by atoms with Gasteiger partial charge in [-0.1, -0.05) is 25.1 Å². The molecule has 2 atom stereocenters. The number of aromatic nitrogens is 2. The smallest absolute Gasteiger partial charge is 0.169 e. The van der Waals surface area contributed by atoms with Crippen molar-refractivity contribution in [1.29, 1.82) is 0 Å². The summed E-state index contributed by atoms with van der Waals surface area (Å²) in [7, 11) is 0. The first-order valence-corrected chi connectivity index (χ1v) is 7.07. The Morgan fingerprint density at radius 2 is 2.05 bits per heavy atom. The lowest BCUT2D eigenvalue weighted by atomic mass is 10.1. The Bertz CT molecular complexity index is 558. The fourth-order valence-electron chi connectivity index (χ4n) is 2.41. The van der Waals surface area contributed by atoms with Crippen molar-refractivity contribution in [2.24, 2.45) is 5.73 Å². The molecule has 104 valence electrons. The molecule has 1 aromatic heterocycles. The van der Waals surface area contributed by atoms with Crippen LogP contribution in [0.25, 0.3) is 0 Å². The maximum absolute atomic E-state index is 5.94. The van der Waals surface area contributed by atoms with Crippen molar-refractivity contribution in [1.82, 2.24) is 9.97 Å². The molecule has 1 aliphatic rings. The zero-order valence-electron chi connectivity index (χ0n) is 11.6. The number of rotatable bonds is 4. The second-order valence-corrected chi connectivity index (χ2v) is 5.24. The maximum atomic E-state index is 5.94. The Morgan fingerprint density at radius 3 is 2.75 bits per heavy atom. The van der Waals surface area contributed by atoms with E-state index in [1.54, 1.807) is 0 Å². The molecule has 3 rings (SSSR count). The minimum Gasteiger partial charge on any atom is -0.482 e. The molecule has 0 bridgehead atoms. The second-order valence-electron chi connectivity index (χ2n) is 5.24. The fourth-order valence-corrected chi connectivity index (χ4v) is 2.41. The van der Waals surface area contributed by atoms with Gasteiger partial charge >= 0.3 is 0 Å². The molecular weight excluding hydrogens is 250 g/mol. The summed E-state index contributed by atoms with van der Waals surface area (Å²) in [6, 6.07) is 8.27. The number of hydrogen-bond acceptors (Lipinski definition) is 4. The van der Waals surface area contributed by atoms with E-state index in [0.717, 1.165) is 36.4 Å². The van der Waals surface area contributed by atoms with Crippen molar-refractivity contribution >= 4 is 0 Å². The summed E-state index contributed by atoms with van der Waals surface area (Å²) in [5, 5.41) is 0. The van der Waals surface area contributed by atoms with Crippen LogP contribution in [0.5, 0.6) is 5.75 Å². The van der Waals surface area contributed by atoms with Gasteiger partial charge in [0.1, 0.15) is 5.75 Å². The van der Waals surface area contributed by atoms with E-state index in [-0.39, 0.29) is 12.1 Å². The van der Waals surface area contributed by atoms with Gasteiger partial charge in [-0.3, -0.25) is 0 Å². The van der Waals surface area contributed by atoms with Gasteiger partial charge in [-0.2, -0.15) is 0 Å². The molecule has 20 heavy (non-hydrogen) atoms. The van der Waals surface area contributed by atoms with Crippen LogP contribution >= 0.6 is 0 Å². The van der Waals surface area contributed by atoms with E-state index >= 15 is 0 Å². The number of nitrogens with zero attached hydrogens (tertiary/aromatic N) is 2. The zero-order valence-corrected chi connectivity index (χ0v) is 11.6. The monoisotopic (exact) mass is 269 g/mol. The SMILES string of the molecule is CCC(N)Cc1cnc(C2Cc3ccccc3O2)nc1. The first-order valence-electron chi connectivity index (χ1n) is 7.07. The summed E-state index contributed by atoms with van der Waals surface area (Å²) < 4.78 is 5.89. The molecule has 1 aliphatic heterocycles. The van der Waals surface area contributed by atoms with Gasteiger partial charge in [0.05, 0.1) is 0 Å². The summed E-state index contributed by atoms with van der Waals surface area (Å²) in [5.74, 6) is 1.69. The van der Waals surface area contributed by atoms with E-state index in [0.29, 0.717) is 0 Å². The average molecular weight is 269 g/mol. The molecule has 0 fully saturated rings. The highest BCUT2D eigenvalue weighted by molar-refractivity contribution is 5.38. The number of benzene rings is 1. The summed E-state index contributed by atoms with van der Waals surface area (Å²) in [6.45, 7) is 2.09. The summed E-state index contributed by atoms with van der Waals surface area (Å²) >= 11 is 0. The number of para-hydroxylation sites is 1. The highest BCUT2D eigenvalue weighted by Crippen LogP contribution is 2.34. The first kappa shape index (κ1) is 13.1. The van der Waals surface area contributed by atoms with Crippen LogP contribution in [0.3, 0.4) is 0 Å². The molecule has 0 radical (unpaired) electrons. The van der Waals surface area contributed by atoms with Crippen LogP contribution in [-0.4, -0.2) is 16.0 Å². The topological polar surface area (TPSA) is 61.0 Å². The van der Waals surface area contributed by atoms with Crippen molar-refractivity contribution in [3.63, 3.8) is 0 Å². The van der Waals surface area contributed by atoms with Crippen molar-refractivity contribution in [3.8, 4) is 5.75 Å². The first-order chi connectivity index (χ1) is 9.76. The largest absolute Gasteiger partial charge is 0.482 e. The van der Waals surface area contributed by atoms with Gasteiger partial charge in [-0.05, 0) is 30.0 Å².